The van der Waals surface area contributed by atoms with Gasteiger partial charge in [0.2, 0.25) is 5.56 Å². The van der Waals surface area contributed by atoms with Gasteiger partial charge in [-0.2, -0.15) is 0 Å². The van der Waals surface area contributed by atoms with Crippen LogP contribution in [-0.4, -0.2) is 44.6 Å². The zero-order chi connectivity index (χ0) is 31.7. The van der Waals surface area contributed by atoms with E-state index in [1.807, 2.05) is 63.2 Å². The topological polar surface area (TPSA) is 102 Å². The number of nitrogens with one attached hydrogen (secondary N) is 3. The first kappa shape index (κ1) is 34.3. The summed E-state index contributed by atoms with van der Waals surface area (Å²) in [4.78, 5) is 27.2. The van der Waals surface area contributed by atoms with E-state index in [1.165, 1.54) is 0 Å². The fourth-order valence-electron chi connectivity index (χ4n) is 4.42. The van der Waals surface area contributed by atoms with Crippen molar-refractivity contribution in [3.63, 3.8) is 0 Å². The number of amides is 1. The zero-order valence-corrected chi connectivity index (χ0v) is 28.3. The number of unbranched alkanes of at least 4 members (excludes halogenated alkanes) is 2. The number of H-pyrrole nitrogens is 1. The highest BCUT2D eigenvalue weighted by Gasteiger charge is 2.39. The summed E-state index contributed by atoms with van der Waals surface area (Å²) in [6.07, 6.45) is 2.26. The number of hydrogen-bond acceptors (Lipinski definition) is 6. The van der Waals surface area contributed by atoms with Crippen LogP contribution in [0.5, 0.6) is 5.75 Å². The molecular formula is C34H51N3O5Si. The highest BCUT2D eigenvalue weighted by atomic mass is 28.4. The zero-order valence-electron chi connectivity index (χ0n) is 27.3. The quantitative estimate of drug-likeness (QED) is 0.130. The van der Waals surface area contributed by atoms with Crippen molar-refractivity contribution < 1.29 is 18.7 Å². The van der Waals surface area contributed by atoms with E-state index in [2.05, 4.69) is 55.5 Å². The number of aromatic nitrogens is 1. The molecule has 0 aliphatic carbocycles. The molecule has 1 amide bonds. The maximum Gasteiger partial charge on any atom is 0.407 e. The average molecular weight is 610 g/mol. The van der Waals surface area contributed by atoms with E-state index in [0.717, 1.165) is 42.3 Å². The van der Waals surface area contributed by atoms with E-state index in [-0.39, 0.29) is 22.8 Å². The number of benzene rings is 2. The molecule has 0 aliphatic heterocycles. The summed E-state index contributed by atoms with van der Waals surface area (Å²) in [6, 6.07) is 17.4. The van der Waals surface area contributed by atoms with Gasteiger partial charge in [0.15, 0.2) is 8.32 Å². The van der Waals surface area contributed by atoms with Crippen molar-refractivity contribution in [3.8, 4) is 5.75 Å². The SMILES string of the molecule is CC(C)(C)OC(=O)NCCCCCNC[C@@H](O[Si](C)(C)C(C)(C)C)c1ccc(OCc2ccccc2)c2[nH]c(=O)ccc12. The summed E-state index contributed by atoms with van der Waals surface area (Å²) in [6.45, 7) is 19.3. The van der Waals surface area contributed by atoms with E-state index in [9.17, 15) is 9.59 Å². The molecular weight excluding hydrogens is 558 g/mol. The second kappa shape index (κ2) is 15.0. The van der Waals surface area contributed by atoms with Crippen molar-refractivity contribution in [3.05, 3.63) is 76.1 Å². The first-order valence-electron chi connectivity index (χ1n) is 15.3. The summed E-state index contributed by atoms with van der Waals surface area (Å²) >= 11 is 0. The van der Waals surface area contributed by atoms with Gasteiger partial charge in [-0.3, -0.25) is 4.79 Å². The number of carbonyl (C=O) groups is 1. The Morgan fingerprint density at radius 1 is 0.907 bits per heavy atom. The number of hydrogen-bond donors (Lipinski definition) is 3. The summed E-state index contributed by atoms with van der Waals surface area (Å²) in [7, 11) is -2.13. The van der Waals surface area contributed by atoms with Gasteiger partial charge in [-0.25, -0.2) is 4.79 Å². The van der Waals surface area contributed by atoms with Crippen LogP contribution in [-0.2, 0) is 15.8 Å². The van der Waals surface area contributed by atoms with E-state index < -0.39 is 13.9 Å². The fraction of sp³-hybridized carbons (Fsp3) is 0.529. The van der Waals surface area contributed by atoms with Crippen LogP contribution in [0.1, 0.15) is 78.0 Å². The van der Waals surface area contributed by atoms with E-state index in [0.29, 0.717) is 31.0 Å². The molecule has 43 heavy (non-hydrogen) atoms. The Morgan fingerprint density at radius 3 is 2.28 bits per heavy atom. The van der Waals surface area contributed by atoms with Crippen molar-refractivity contribution >= 4 is 25.3 Å². The van der Waals surface area contributed by atoms with E-state index in [4.69, 9.17) is 13.9 Å². The Kier molecular flexibility index (Phi) is 12.0. The van der Waals surface area contributed by atoms with Gasteiger partial charge in [0.1, 0.15) is 18.0 Å². The van der Waals surface area contributed by atoms with Crippen LogP contribution in [0.4, 0.5) is 4.79 Å². The van der Waals surface area contributed by atoms with Crippen LogP contribution in [0.3, 0.4) is 0 Å². The van der Waals surface area contributed by atoms with Crippen LogP contribution in [0.25, 0.3) is 10.9 Å². The van der Waals surface area contributed by atoms with Crippen LogP contribution in [0, 0.1) is 0 Å². The molecule has 8 nitrogen and oxygen atoms in total. The lowest BCUT2D eigenvalue weighted by molar-refractivity contribution is 0.0527. The van der Waals surface area contributed by atoms with E-state index in [1.54, 1.807) is 6.07 Å². The Balaban J connectivity index is 1.71. The van der Waals surface area contributed by atoms with Gasteiger partial charge < -0.3 is 29.5 Å². The van der Waals surface area contributed by atoms with Crippen molar-refractivity contribution in [2.24, 2.45) is 0 Å². The lowest BCUT2D eigenvalue weighted by atomic mass is 10.0. The maximum atomic E-state index is 12.4. The minimum Gasteiger partial charge on any atom is -0.487 e. The minimum atomic E-state index is -2.13. The van der Waals surface area contributed by atoms with Crippen LogP contribution < -0.4 is 20.9 Å². The van der Waals surface area contributed by atoms with Gasteiger partial charge >= 0.3 is 6.09 Å². The predicted molar refractivity (Wildman–Crippen MR) is 177 cm³/mol. The molecule has 0 saturated heterocycles. The average Bonchev–Trinajstić information content (AvgIpc) is 2.91. The molecule has 0 spiro atoms. The number of fused-ring (bicyclic) bond motifs is 1. The molecule has 9 heteroatoms. The van der Waals surface area contributed by atoms with Gasteiger partial charge in [-0.1, -0.05) is 63.6 Å². The normalized spacial score (nSPS) is 13.1. The number of ether oxygens (including phenoxy) is 2. The second-order valence-corrected chi connectivity index (χ2v) is 18.4. The Hall–Kier alpha value is -3.14. The second-order valence-electron chi connectivity index (χ2n) is 13.6. The van der Waals surface area contributed by atoms with Gasteiger partial charge in [0.25, 0.3) is 0 Å². The highest BCUT2D eigenvalue weighted by Crippen LogP contribution is 2.41. The minimum absolute atomic E-state index is 0.0369. The number of alkyl carbamates (subject to hydrolysis) is 1. The molecule has 0 saturated carbocycles. The largest absolute Gasteiger partial charge is 0.487 e. The van der Waals surface area contributed by atoms with Crippen molar-refractivity contribution in [2.75, 3.05) is 19.6 Å². The Morgan fingerprint density at radius 2 is 1.60 bits per heavy atom. The molecule has 0 unspecified atom stereocenters. The molecule has 1 aromatic heterocycles. The molecule has 1 atom stereocenters. The molecule has 236 valence electrons. The van der Waals surface area contributed by atoms with Gasteiger partial charge in [0.05, 0.1) is 11.6 Å². The highest BCUT2D eigenvalue weighted by molar-refractivity contribution is 6.74. The third kappa shape index (κ3) is 10.8. The lowest BCUT2D eigenvalue weighted by Crippen LogP contribution is -2.43. The fourth-order valence-corrected chi connectivity index (χ4v) is 5.70. The summed E-state index contributed by atoms with van der Waals surface area (Å²) in [5.41, 5.74) is 2.10. The molecule has 3 aromatic rings. The van der Waals surface area contributed by atoms with Crippen LogP contribution in [0.15, 0.2) is 59.4 Å². The number of pyridine rings is 1. The lowest BCUT2D eigenvalue weighted by Gasteiger charge is -2.39. The first-order chi connectivity index (χ1) is 20.2. The predicted octanol–water partition coefficient (Wildman–Crippen LogP) is 7.45. The molecule has 1 heterocycles. The summed E-state index contributed by atoms with van der Waals surface area (Å²) in [5.74, 6) is 0.638. The molecule has 0 bridgehead atoms. The van der Waals surface area contributed by atoms with Crippen molar-refractivity contribution in [1.29, 1.82) is 0 Å². The number of carbonyl (C=O) groups excluding carboxylic acids is 1. The Labute approximate surface area is 258 Å². The summed E-state index contributed by atoms with van der Waals surface area (Å²) in [5, 5.41) is 7.39. The molecule has 3 rings (SSSR count). The van der Waals surface area contributed by atoms with Crippen molar-refractivity contribution in [2.45, 2.75) is 97.2 Å². The third-order valence-electron chi connectivity index (χ3n) is 7.75. The molecule has 0 radical (unpaired) electrons. The molecule has 3 N–H and O–H groups in total. The van der Waals surface area contributed by atoms with E-state index >= 15 is 0 Å². The molecule has 0 aliphatic rings. The summed E-state index contributed by atoms with van der Waals surface area (Å²) < 4.78 is 18.5. The van der Waals surface area contributed by atoms with Gasteiger partial charge in [-0.15, -0.1) is 0 Å². The first-order valence-corrected chi connectivity index (χ1v) is 18.3. The maximum absolute atomic E-state index is 12.4. The van der Waals surface area contributed by atoms with Crippen molar-refractivity contribution in [1.82, 2.24) is 15.6 Å². The molecule has 2 aromatic carbocycles. The van der Waals surface area contributed by atoms with Gasteiger partial charge in [0, 0.05) is 24.5 Å². The Bertz CT molecular complexity index is 1380. The number of rotatable bonds is 14. The standard InChI is InChI=1S/C34H51N3O5Si/c1-33(2,3)41-32(39)36-22-14-10-13-21-35-23-29(42-43(7,8)34(4,5)6)26-17-19-28(31-27(26)18-20-30(38)37-31)40-24-25-15-11-9-12-16-25/h9,11-12,15-20,29,35H,10,13-14,21-24H2,1-8H3,(H,36,39)(H,37,38)/t29-/m1/s1. The molecule has 0 fully saturated rings. The third-order valence-corrected chi connectivity index (χ3v) is 12.2. The van der Waals surface area contributed by atoms with Crippen LogP contribution in [0.2, 0.25) is 18.1 Å². The van der Waals surface area contributed by atoms with Crippen LogP contribution >= 0.6 is 0 Å². The number of aromatic amines is 1. The van der Waals surface area contributed by atoms with Gasteiger partial charge in [-0.05, 0) is 81.5 Å². The smallest absolute Gasteiger partial charge is 0.407 e. The monoisotopic (exact) mass is 609 g/mol.